The third-order valence-electron chi connectivity index (χ3n) is 3.60. The Bertz CT molecular complexity index is 578. The SMILES string of the molecule is Cn1cccc1C(=O)N1CCC[C@@H]1c1cnccn1. The number of hydrogen-bond acceptors (Lipinski definition) is 3. The van der Waals surface area contributed by atoms with E-state index < -0.39 is 0 Å². The van der Waals surface area contributed by atoms with Crippen LogP contribution in [0.15, 0.2) is 36.9 Å². The van der Waals surface area contributed by atoms with Gasteiger partial charge < -0.3 is 9.47 Å². The lowest BCUT2D eigenvalue weighted by Crippen LogP contribution is -2.32. The summed E-state index contributed by atoms with van der Waals surface area (Å²) in [5.74, 6) is 0.0700. The largest absolute Gasteiger partial charge is 0.347 e. The first-order chi connectivity index (χ1) is 9.27. The highest BCUT2D eigenvalue weighted by Crippen LogP contribution is 2.31. The molecule has 5 nitrogen and oxygen atoms in total. The smallest absolute Gasteiger partial charge is 0.271 e. The first-order valence-electron chi connectivity index (χ1n) is 6.45. The van der Waals surface area contributed by atoms with Crippen LogP contribution in [-0.2, 0) is 7.05 Å². The molecule has 0 saturated carbocycles. The summed E-state index contributed by atoms with van der Waals surface area (Å²) >= 11 is 0. The fraction of sp³-hybridized carbons (Fsp3) is 0.357. The van der Waals surface area contributed by atoms with E-state index in [1.54, 1.807) is 18.6 Å². The van der Waals surface area contributed by atoms with E-state index in [-0.39, 0.29) is 11.9 Å². The summed E-state index contributed by atoms with van der Waals surface area (Å²) in [6, 6.07) is 3.80. The predicted octanol–water partition coefficient (Wildman–Crippen LogP) is 1.79. The number of nitrogens with zero attached hydrogens (tertiary/aromatic N) is 4. The third-order valence-corrected chi connectivity index (χ3v) is 3.60. The Morgan fingerprint density at radius 1 is 1.42 bits per heavy atom. The van der Waals surface area contributed by atoms with Gasteiger partial charge in [-0.2, -0.15) is 0 Å². The summed E-state index contributed by atoms with van der Waals surface area (Å²) in [6.07, 6.45) is 8.94. The van der Waals surface area contributed by atoms with Crippen molar-refractivity contribution >= 4 is 5.91 Å². The van der Waals surface area contributed by atoms with E-state index in [4.69, 9.17) is 0 Å². The van der Waals surface area contributed by atoms with E-state index in [0.29, 0.717) is 0 Å². The molecule has 0 bridgehead atoms. The number of aryl methyl sites for hydroxylation is 1. The summed E-state index contributed by atoms with van der Waals surface area (Å²) in [7, 11) is 1.89. The van der Waals surface area contributed by atoms with E-state index in [1.165, 1.54) is 0 Å². The van der Waals surface area contributed by atoms with Crippen molar-refractivity contribution in [2.24, 2.45) is 7.05 Å². The summed E-state index contributed by atoms with van der Waals surface area (Å²) in [4.78, 5) is 22.9. The molecule has 19 heavy (non-hydrogen) atoms. The molecule has 0 N–H and O–H groups in total. The molecule has 1 aliphatic rings. The standard InChI is InChI=1S/C14H16N4O/c1-17-8-2-5-13(17)14(19)18-9-3-4-12(18)11-10-15-6-7-16-11/h2,5-8,10,12H,3-4,9H2,1H3/t12-/m1/s1. The number of carbonyl (C=O) groups excluding carboxylic acids is 1. The third kappa shape index (κ3) is 2.12. The van der Waals surface area contributed by atoms with Crippen LogP contribution in [0.2, 0.25) is 0 Å². The van der Waals surface area contributed by atoms with Crippen molar-refractivity contribution in [2.45, 2.75) is 18.9 Å². The average molecular weight is 256 g/mol. The normalized spacial score (nSPS) is 18.8. The molecule has 0 aromatic carbocycles. The number of carbonyl (C=O) groups is 1. The molecule has 1 amide bonds. The number of rotatable bonds is 2. The van der Waals surface area contributed by atoms with Crippen LogP contribution in [-0.4, -0.2) is 31.9 Å². The van der Waals surface area contributed by atoms with Crippen LogP contribution < -0.4 is 0 Å². The van der Waals surface area contributed by atoms with Crippen molar-refractivity contribution in [1.29, 1.82) is 0 Å². The highest BCUT2D eigenvalue weighted by molar-refractivity contribution is 5.93. The van der Waals surface area contributed by atoms with Crippen molar-refractivity contribution in [1.82, 2.24) is 19.4 Å². The van der Waals surface area contributed by atoms with E-state index in [9.17, 15) is 4.79 Å². The minimum atomic E-state index is 0.0519. The Hall–Kier alpha value is -2.17. The van der Waals surface area contributed by atoms with Crippen molar-refractivity contribution in [3.8, 4) is 0 Å². The summed E-state index contributed by atoms with van der Waals surface area (Å²) in [5, 5.41) is 0. The van der Waals surface area contributed by atoms with Crippen molar-refractivity contribution < 1.29 is 4.79 Å². The van der Waals surface area contributed by atoms with E-state index in [0.717, 1.165) is 30.8 Å². The van der Waals surface area contributed by atoms with Crippen LogP contribution in [0.3, 0.4) is 0 Å². The monoisotopic (exact) mass is 256 g/mol. The lowest BCUT2D eigenvalue weighted by Gasteiger charge is -2.24. The quantitative estimate of drug-likeness (QED) is 0.823. The first kappa shape index (κ1) is 11.9. The zero-order chi connectivity index (χ0) is 13.2. The zero-order valence-corrected chi connectivity index (χ0v) is 10.9. The van der Waals surface area contributed by atoms with Crippen LogP contribution in [0, 0.1) is 0 Å². The highest BCUT2D eigenvalue weighted by Gasteiger charge is 2.32. The molecule has 0 spiro atoms. The maximum Gasteiger partial charge on any atom is 0.271 e. The molecule has 0 radical (unpaired) electrons. The summed E-state index contributed by atoms with van der Waals surface area (Å²) in [5.41, 5.74) is 1.60. The van der Waals surface area contributed by atoms with E-state index >= 15 is 0 Å². The molecule has 0 unspecified atom stereocenters. The number of hydrogen-bond donors (Lipinski definition) is 0. The fourth-order valence-electron chi connectivity index (χ4n) is 2.63. The van der Waals surface area contributed by atoms with Crippen molar-refractivity contribution in [3.63, 3.8) is 0 Å². The second-order valence-corrected chi connectivity index (χ2v) is 4.79. The minimum Gasteiger partial charge on any atom is -0.347 e. The molecule has 0 aliphatic carbocycles. The number of likely N-dealkylation sites (tertiary alicyclic amines) is 1. The molecule has 1 fully saturated rings. The Morgan fingerprint density at radius 2 is 2.32 bits per heavy atom. The molecule has 1 atom stereocenters. The maximum absolute atomic E-state index is 12.6. The zero-order valence-electron chi connectivity index (χ0n) is 10.9. The minimum absolute atomic E-state index is 0.0519. The number of amides is 1. The van der Waals surface area contributed by atoms with Gasteiger partial charge in [-0.1, -0.05) is 0 Å². The molecule has 5 heteroatoms. The molecule has 1 saturated heterocycles. The second-order valence-electron chi connectivity index (χ2n) is 4.79. The van der Waals surface area contributed by atoms with Gasteiger partial charge in [-0.15, -0.1) is 0 Å². The predicted molar refractivity (Wildman–Crippen MR) is 70.5 cm³/mol. The molecular weight excluding hydrogens is 240 g/mol. The molecule has 3 rings (SSSR count). The second kappa shape index (κ2) is 4.84. The van der Waals surface area contributed by atoms with Gasteiger partial charge >= 0.3 is 0 Å². The molecular formula is C14H16N4O. The Labute approximate surface area is 111 Å². The summed E-state index contributed by atoms with van der Waals surface area (Å²) in [6.45, 7) is 0.783. The molecule has 2 aromatic rings. The Kier molecular flexibility index (Phi) is 3.03. The van der Waals surface area contributed by atoms with Gasteiger partial charge in [-0.05, 0) is 25.0 Å². The topological polar surface area (TPSA) is 51.0 Å². The Morgan fingerprint density at radius 3 is 3.00 bits per heavy atom. The van der Waals surface area contributed by atoms with Crippen LogP contribution >= 0.6 is 0 Å². The molecule has 2 aromatic heterocycles. The van der Waals surface area contributed by atoms with Crippen LogP contribution in [0.25, 0.3) is 0 Å². The lowest BCUT2D eigenvalue weighted by atomic mass is 10.1. The fourth-order valence-corrected chi connectivity index (χ4v) is 2.63. The molecule has 98 valence electrons. The van der Waals surface area contributed by atoms with Gasteiger partial charge in [0.15, 0.2) is 0 Å². The summed E-state index contributed by atoms with van der Waals surface area (Å²) < 4.78 is 1.86. The van der Waals surface area contributed by atoms with Gasteiger partial charge in [-0.25, -0.2) is 0 Å². The van der Waals surface area contributed by atoms with Gasteiger partial charge in [0, 0.05) is 32.2 Å². The molecule has 3 heterocycles. The van der Waals surface area contributed by atoms with Gasteiger partial charge in [0.25, 0.3) is 5.91 Å². The van der Waals surface area contributed by atoms with Crippen LogP contribution in [0.5, 0.6) is 0 Å². The van der Waals surface area contributed by atoms with Gasteiger partial charge in [-0.3, -0.25) is 14.8 Å². The average Bonchev–Trinajstić information content (AvgIpc) is 3.07. The molecule has 1 aliphatic heterocycles. The van der Waals surface area contributed by atoms with Crippen molar-refractivity contribution in [2.75, 3.05) is 6.54 Å². The first-order valence-corrected chi connectivity index (χ1v) is 6.45. The number of aromatic nitrogens is 3. The van der Waals surface area contributed by atoms with Gasteiger partial charge in [0.1, 0.15) is 5.69 Å². The maximum atomic E-state index is 12.6. The van der Waals surface area contributed by atoms with Crippen molar-refractivity contribution in [3.05, 3.63) is 48.3 Å². The Balaban J connectivity index is 1.88. The van der Waals surface area contributed by atoms with Crippen LogP contribution in [0.4, 0.5) is 0 Å². The van der Waals surface area contributed by atoms with Crippen LogP contribution in [0.1, 0.15) is 35.1 Å². The van der Waals surface area contributed by atoms with E-state index in [1.807, 2.05) is 34.8 Å². The van der Waals surface area contributed by atoms with E-state index in [2.05, 4.69) is 9.97 Å². The van der Waals surface area contributed by atoms with Gasteiger partial charge in [0.2, 0.25) is 0 Å². The van der Waals surface area contributed by atoms with Gasteiger partial charge in [0.05, 0.1) is 17.9 Å². The lowest BCUT2D eigenvalue weighted by molar-refractivity contribution is 0.0723. The highest BCUT2D eigenvalue weighted by atomic mass is 16.2.